The van der Waals surface area contributed by atoms with Crippen LogP contribution in [0.5, 0.6) is 5.75 Å². The summed E-state index contributed by atoms with van der Waals surface area (Å²) in [5, 5.41) is 9.14. The van der Waals surface area contributed by atoms with Crippen molar-refractivity contribution in [3.63, 3.8) is 0 Å². The topological polar surface area (TPSA) is 71.4 Å². The third kappa shape index (κ3) is 3.46. The normalized spacial score (nSPS) is 11.2. The molecule has 0 aliphatic carbocycles. The lowest BCUT2D eigenvalue weighted by Crippen LogP contribution is -2.16. The van der Waals surface area contributed by atoms with Gasteiger partial charge in [0.15, 0.2) is 15.6 Å². The van der Waals surface area contributed by atoms with Crippen molar-refractivity contribution >= 4 is 31.6 Å². The summed E-state index contributed by atoms with van der Waals surface area (Å²) in [6.07, 6.45) is 0. The number of hydrogen-bond donors (Lipinski definition) is 1. The van der Waals surface area contributed by atoms with Crippen molar-refractivity contribution < 1.29 is 18.3 Å². The van der Waals surface area contributed by atoms with Crippen LogP contribution < -0.4 is 0 Å². The van der Waals surface area contributed by atoms with Crippen LogP contribution >= 0.6 is 15.9 Å². The molecule has 0 fully saturated rings. The van der Waals surface area contributed by atoms with Crippen LogP contribution in [0.25, 0.3) is 0 Å². The number of carbonyl (C=O) groups is 1. The van der Waals surface area contributed by atoms with Gasteiger partial charge in [0.2, 0.25) is 0 Å². The minimum absolute atomic E-state index is 0.0253. The third-order valence-corrected chi connectivity index (χ3v) is 4.84. The summed E-state index contributed by atoms with van der Waals surface area (Å²) in [7, 11) is -3.67. The molecule has 4 nitrogen and oxygen atoms in total. The summed E-state index contributed by atoms with van der Waals surface area (Å²) in [5.74, 6) is -1.08. The second-order valence-electron chi connectivity index (χ2n) is 4.18. The van der Waals surface area contributed by atoms with Crippen LogP contribution in [0, 0.1) is 0 Å². The first-order valence-electron chi connectivity index (χ1n) is 5.69. The molecule has 0 bridgehead atoms. The molecule has 0 aromatic heterocycles. The van der Waals surface area contributed by atoms with Crippen molar-refractivity contribution in [1.29, 1.82) is 0 Å². The second kappa shape index (κ2) is 5.76. The molecule has 0 spiro atoms. The predicted molar refractivity (Wildman–Crippen MR) is 78.6 cm³/mol. The highest BCUT2D eigenvalue weighted by Gasteiger charge is 2.20. The molecule has 20 heavy (non-hydrogen) atoms. The fourth-order valence-electron chi connectivity index (χ4n) is 1.63. The minimum atomic E-state index is -3.67. The number of ketones is 1. The number of aromatic hydroxyl groups is 1. The van der Waals surface area contributed by atoms with Crippen LogP contribution in [-0.4, -0.2) is 25.1 Å². The molecule has 0 heterocycles. The third-order valence-electron chi connectivity index (χ3n) is 2.68. The molecule has 2 aromatic carbocycles. The smallest absolute Gasteiger partial charge is 0.185 e. The maximum atomic E-state index is 12.1. The average molecular weight is 355 g/mol. The molecule has 0 unspecified atom stereocenters. The molecular weight excluding hydrogens is 344 g/mol. The van der Waals surface area contributed by atoms with Crippen molar-refractivity contribution in [2.75, 3.05) is 5.75 Å². The Kier molecular flexibility index (Phi) is 4.25. The lowest BCUT2D eigenvalue weighted by molar-refractivity contribution is 0.102. The number of Topliss-reactive ketones (excluding diaryl/α,β-unsaturated/α-hetero) is 1. The van der Waals surface area contributed by atoms with E-state index >= 15 is 0 Å². The molecule has 0 amide bonds. The van der Waals surface area contributed by atoms with Gasteiger partial charge in [-0.2, -0.15) is 0 Å². The van der Waals surface area contributed by atoms with Gasteiger partial charge in [0.25, 0.3) is 0 Å². The van der Waals surface area contributed by atoms with E-state index in [1.807, 2.05) is 0 Å². The molecule has 104 valence electrons. The van der Waals surface area contributed by atoms with E-state index in [-0.39, 0.29) is 16.2 Å². The first-order valence-corrected chi connectivity index (χ1v) is 8.13. The van der Waals surface area contributed by atoms with Crippen LogP contribution in [0.1, 0.15) is 10.4 Å². The van der Waals surface area contributed by atoms with Crippen molar-refractivity contribution in [2.45, 2.75) is 4.90 Å². The summed E-state index contributed by atoms with van der Waals surface area (Å²) in [5.41, 5.74) is 0.253. The van der Waals surface area contributed by atoms with Crippen LogP contribution in [0.2, 0.25) is 0 Å². The zero-order valence-electron chi connectivity index (χ0n) is 10.3. The van der Waals surface area contributed by atoms with Gasteiger partial charge >= 0.3 is 0 Å². The summed E-state index contributed by atoms with van der Waals surface area (Å²) in [4.78, 5) is 12.0. The Morgan fingerprint density at radius 2 is 1.55 bits per heavy atom. The SMILES string of the molecule is O=C(CS(=O)(=O)c1ccc(Br)cc1)c1ccc(O)cc1. The first kappa shape index (κ1) is 14.7. The van der Waals surface area contributed by atoms with Gasteiger partial charge in [-0.1, -0.05) is 15.9 Å². The Balaban J connectivity index is 2.22. The fraction of sp³-hybridized carbons (Fsp3) is 0.0714. The van der Waals surface area contributed by atoms with Gasteiger partial charge < -0.3 is 5.11 Å². The standard InChI is InChI=1S/C14H11BrO4S/c15-11-3-7-13(8-4-11)20(18,19)9-14(17)10-1-5-12(16)6-2-10/h1-8,16H,9H2. The maximum Gasteiger partial charge on any atom is 0.185 e. The summed E-state index contributed by atoms with van der Waals surface area (Å²) < 4.78 is 25.0. The molecular formula is C14H11BrO4S. The molecule has 0 aliphatic heterocycles. The fourth-order valence-corrected chi connectivity index (χ4v) is 3.12. The Hall–Kier alpha value is -1.66. The van der Waals surface area contributed by atoms with Crippen LogP contribution in [-0.2, 0) is 9.84 Å². The highest BCUT2D eigenvalue weighted by atomic mass is 79.9. The molecule has 1 N–H and O–H groups in total. The monoisotopic (exact) mass is 354 g/mol. The van der Waals surface area contributed by atoms with E-state index in [9.17, 15) is 13.2 Å². The van der Waals surface area contributed by atoms with Crippen molar-refractivity contribution in [3.05, 3.63) is 58.6 Å². The van der Waals surface area contributed by atoms with E-state index in [1.54, 1.807) is 12.1 Å². The van der Waals surface area contributed by atoms with Gasteiger partial charge in [0.1, 0.15) is 11.5 Å². The summed E-state index contributed by atoms with van der Waals surface area (Å²) in [6, 6.07) is 11.6. The van der Waals surface area contributed by atoms with Crippen LogP contribution in [0.4, 0.5) is 0 Å². The average Bonchev–Trinajstić information content (AvgIpc) is 2.39. The molecule has 0 atom stereocenters. The van der Waals surface area contributed by atoms with Crippen molar-refractivity contribution in [1.82, 2.24) is 0 Å². The quantitative estimate of drug-likeness (QED) is 0.857. The van der Waals surface area contributed by atoms with Gasteiger partial charge in [-0.15, -0.1) is 0 Å². The van der Waals surface area contributed by atoms with E-state index in [4.69, 9.17) is 5.11 Å². The van der Waals surface area contributed by atoms with Crippen LogP contribution in [0.3, 0.4) is 0 Å². The lowest BCUT2D eigenvalue weighted by atomic mass is 10.1. The molecule has 0 saturated heterocycles. The van der Waals surface area contributed by atoms with E-state index in [1.165, 1.54) is 36.4 Å². The first-order chi connectivity index (χ1) is 9.38. The largest absolute Gasteiger partial charge is 0.508 e. The summed E-state index contributed by atoms with van der Waals surface area (Å²) >= 11 is 3.22. The zero-order valence-corrected chi connectivity index (χ0v) is 12.7. The van der Waals surface area contributed by atoms with Crippen LogP contribution in [0.15, 0.2) is 57.9 Å². The van der Waals surface area contributed by atoms with Gasteiger partial charge in [-0.3, -0.25) is 4.79 Å². The number of phenolic OH excluding ortho intramolecular Hbond substituents is 1. The number of carbonyl (C=O) groups excluding carboxylic acids is 1. The number of sulfone groups is 1. The predicted octanol–water partition coefficient (Wildman–Crippen LogP) is 2.81. The van der Waals surface area contributed by atoms with E-state index in [2.05, 4.69) is 15.9 Å². The molecule has 2 rings (SSSR count). The Bertz CT molecular complexity index is 719. The molecule has 0 radical (unpaired) electrons. The van der Waals surface area contributed by atoms with E-state index in [0.717, 1.165) is 4.47 Å². The van der Waals surface area contributed by atoms with Gasteiger partial charge in [0, 0.05) is 10.0 Å². The zero-order chi connectivity index (χ0) is 14.8. The number of hydrogen-bond acceptors (Lipinski definition) is 4. The Morgan fingerprint density at radius 1 is 1.00 bits per heavy atom. The Labute approximate surface area is 125 Å². The number of rotatable bonds is 4. The van der Waals surface area contributed by atoms with Gasteiger partial charge in [-0.25, -0.2) is 8.42 Å². The summed E-state index contributed by atoms with van der Waals surface area (Å²) in [6.45, 7) is 0. The van der Waals surface area contributed by atoms with Gasteiger partial charge in [-0.05, 0) is 48.5 Å². The molecule has 0 saturated carbocycles. The Morgan fingerprint density at radius 3 is 2.10 bits per heavy atom. The highest BCUT2D eigenvalue weighted by molar-refractivity contribution is 9.10. The maximum absolute atomic E-state index is 12.1. The van der Waals surface area contributed by atoms with E-state index in [0.29, 0.717) is 0 Å². The number of phenols is 1. The highest BCUT2D eigenvalue weighted by Crippen LogP contribution is 2.17. The van der Waals surface area contributed by atoms with Crippen molar-refractivity contribution in [3.8, 4) is 5.75 Å². The second-order valence-corrected chi connectivity index (χ2v) is 7.09. The number of benzene rings is 2. The minimum Gasteiger partial charge on any atom is -0.508 e. The van der Waals surface area contributed by atoms with E-state index < -0.39 is 21.4 Å². The molecule has 0 aliphatic rings. The molecule has 2 aromatic rings. The number of halogens is 1. The lowest BCUT2D eigenvalue weighted by Gasteiger charge is -2.04. The molecule has 6 heteroatoms. The van der Waals surface area contributed by atoms with Crippen molar-refractivity contribution in [2.24, 2.45) is 0 Å². The van der Waals surface area contributed by atoms with Gasteiger partial charge in [0.05, 0.1) is 4.90 Å².